The van der Waals surface area contributed by atoms with Crippen LogP contribution in [-0.2, 0) is 0 Å². The molecule has 0 aliphatic heterocycles. The molecule has 5 nitrogen and oxygen atoms in total. The minimum absolute atomic E-state index is 0.0181. The highest BCUT2D eigenvalue weighted by atomic mass is 16.1. The normalized spacial score (nSPS) is 22.1. The summed E-state index contributed by atoms with van der Waals surface area (Å²) in [5.74, 6) is -0.0181. The molecule has 0 saturated heterocycles. The lowest BCUT2D eigenvalue weighted by atomic mass is 9.91. The summed E-state index contributed by atoms with van der Waals surface area (Å²) < 4.78 is 0. The number of nitrogens with zero attached hydrogens (tertiary/aromatic N) is 2. The lowest BCUT2D eigenvalue weighted by Crippen LogP contribution is -2.41. The van der Waals surface area contributed by atoms with Gasteiger partial charge >= 0.3 is 0 Å². The summed E-state index contributed by atoms with van der Waals surface area (Å²) in [5.41, 5.74) is 2.21. The minimum Gasteiger partial charge on any atom is -0.349 e. The topological polar surface area (TPSA) is 66.9 Å². The zero-order valence-electron chi connectivity index (χ0n) is 12.2. The van der Waals surface area contributed by atoms with Gasteiger partial charge in [0.05, 0.1) is 11.0 Å². The zero-order chi connectivity index (χ0) is 14.7. The number of hydrogen-bond acceptors (Lipinski definition) is 4. The van der Waals surface area contributed by atoms with Crippen molar-refractivity contribution in [2.24, 2.45) is 0 Å². The van der Waals surface area contributed by atoms with Gasteiger partial charge in [-0.25, -0.2) is 0 Å². The molecule has 0 spiro atoms. The highest BCUT2D eigenvalue weighted by molar-refractivity contribution is 5.97. The highest BCUT2D eigenvalue weighted by Crippen LogP contribution is 2.19. The van der Waals surface area contributed by atoms with Crippen LogP contribution in [0.15, 0.2) is 30.6 Å². The second kappa shape index (κ2) is 6.18. The Kier molecular flexibility index (Phi) is 4.10. The molecule has 0 unspecified atom stereocenters. The number of carbonyl (C=O) groups is 1. The van der Waals surface area contributed by atoms with Crippen molar-refractivity contribution in [1.82, 2.24) is 20.6 Å². The van der Waals surface area contributed by atoms with Crippen LogP contribution >= 0.6 is 0 Å². The van der Waals surface area contributed by atoms with Crippen LogP contribution in [0, 0.1) is 0 Å². The first-order chi connectivity index (χ1) is 10.3. The Morgan fingerprint density at radius 3 is 2.43 bits per heavy atom. The molecule has 1 aromatic carbocycles. The van der Waals surface area contributed by atoms with Gasteiger partial charge in [-0.1, -0.05) is 0 Å². The Morgan fingerprint density at radius 1 is 1.05 bits per heavy atom. The highest BCUT2D eigenvalue weighted by Gasteiger charge is 2.21. The van der Waals surface area contributed by atoms with Crippen molar-refractivity contribution < 1.29 is 4.79 Å². The molecular weight excluding hydrogens is 264 g/mol. The molecule has 110 valence electrons. The Balaban J connectivity index is 1.67. The van der Waals surface area contributed by atoms with E-state index in [4.69, 9.17) is 0 Å². The van der Waals surface area contributed by atoms with E-state index in [9.17, 15) is 4.79 Å². The van der Waals surface area contributed by atoms with E-state index in [-0.39, 0.29) is 11.9 Å². The Labute approximate surface area is 124 Å². The number of benzene rings is 1. The minimum atomic E-state index is -0.0181. The third kappa shape index (κ3) is 3.19. The Morgan fingerprint density at radius 2 is 1.71 bits per heavy atom. The Hall–Kier alpha value is -2.01. The van der Waals surface area contributed by atoms with Crippen molar-refractivity contribution in [3.8, 4) is 0 Å². The maximum absolute atomic E-state index is 12.3. The molecule has 5 heteroatoms. The third-order valence-electron chi connectivity index (χ3n) is 4.20. The van der Waals surface area contributed by atoms with Crippen molar-refractivity contribution in [2.45, 2.75) is 37.8 Å². The lowest BCUT2D eigenvalue weighted by molar-refractivity contribution is 0.0925. The second-order valence-electron chi connectivity index (χ2n) is 5.57. The largest absolute Gasteiger partial charge is 0.349 e. The number of amides is 1. The van der Waals surface area contributed by atoms with E-state index in [0.717, 1.165) is 36.7 Å². The molecule has 3 rings (SSSR count). The van der Waals surface area contributed by atoms with Gasteiger partial charge < -0.3 is 10.6 Å². The first-order valence-electron chi connectivity index (χ1n) is 7.45. The van der Waals surface area contributed by atoms with Crippen LogP contribution in [0.5, 0.6) is 0 Å². The van der Waals surface area contributed by atoms with E-state index in [1.54, 1.807) is 18.5 Å². The van der Waals surface area contributed by atoms with Gasteiger partial charge in [0.2, 0.25) is 0 Å². The van der Waals surface area contributed by atoms with E-state index in [0.29, 0.717) is 11.6 Å². The molecule has 1 aliphatic rings. The summed E-state index contributed by atoms with van der Waals surface area (Å²) in [7, 11) is 2.00. The monoisotopic (exact) mass is 284 g/mol. The van der Waals surface area contributed by atoms with Crippen LogP contribution in [0.2, 0.25) is 0 Å². The number of aromatic nitrogens is 2. The third-order valence-corrected chi connectivity index (χ3v) is 4.20. The fourth-order valence-corrected chi connectivity index (χ4v) is 2.90. The molecule has 1 saturated carbocycles. The SMILES string of the molecule is CNC1CCC(NC(=O)c2ccc3nccnc3c2)CC1. The lowest BCUT2D eigenvalue weighted by Gasteiger charge is -2.28. The number of fused-ring (bicyclic) bond motifs is 1. The maximum atomic E-state index is 12.3. The van der Waals surface area contributed by atoms with E-state index in [1.165, 1.54) is 0 Å². The molecule has 0 bridgehead atoms. The van der Waals surface area contributed by atoms with Gasteiger partial charge in [-0.05, 0) is 50.9 Å². The van der Waals surface area contributed by atoms with Gasteiger partial charge in [-0.3, -0.25) is 14.8 Å². The maximum Gasteiger partial charge on any atom is 0.251 e. The number of rotatable bonds is 3. The van der Waals surface area contributed by atoms with Gasteiger partial charge in [-0.2, -0.15) is 0 Å². The zero-order valence-corrected chi connectivity index (χ0v) is 12.2. The molecule has 2 aromatic rings. The molecule has 1 amide bonds. The molecule has 1 aromatic heterocycles. The average molecular weight is 284 g/mol. The molecule has 2 N–H and O–H groups in total. The van der Waals surface area contributed by atoms with Crippen LogP contribution in [0.4, 0.5) is 0 Å². The fourth-order valence-electron chi connectivity index (χ4n) is 2.90. The quantitative estimate of drug-likeness (QED) is 0.903. The molecule has 0 radical (unpaired) electrons. The molecular formula is C16H20N4O. The van der Waals surface area contributed by atoms with Crippen LogP contribution in [0.3, 0.4) is 0 Å². The van der Waals surface area contributed by atoms with Crippen molar-refractivity contribution >= 4 is 16.9 Å². The molecule has 0 atom stereocenters. The summed E-state index contributed by atoms with van der Waals surface area (Å²) >= 11 is 0. The van der Waals surface area contributed by atoms with Crippen molar-refractivity contribution in [3.63, 3.8) is 0 Å². The van der Waals surface area contributed by atoms with Crippen LogP contribution in [0.25, 0.3) is 11.0 Å². The summed E-state index contributed by atoms with van der Waals surface area (Å²) in [6.45, 7) is 0. The molecule has 1 heterocycles. The van der Waals surface area contributed by atoms with Crippen LogP contribution < -0.4 is 10.6 Å². The van der Waals surface area contributed by atoms with Crippen LogP contribution in [-0.4, -0.2) is 35.0 Å². The van der Waals surface area contributed by atoms with E-state index in [2.05, 4.69) is 20.6 Å². The number of nitrogens with one attached hydrogen (secondary N) is 2. The van der Waals surface area contributed by atoms with Gasteiger partial charge in [0.1, 0.15) is 0 Å². The number of carbonyl (C=O) groups excluding carboxylic acids is 1. The molecule has 21 heavy (non-hydrogen) atoms. The smallest absolute Gasteiger partial charge is 0.251 e. The van der Waals surface area contributed by atoms with Gasteiger partial charge in [0.15, 0.2) is 0 Å². The standard InChI is InChI=1S/C16H20N4O/c1-17-12-3-5-13(6-4-12)20-16(21)11-2-7-14-15(10-11)19-9-8-18-14/h2,7-10,12-13,17H,3-6H2,1H3,(H,20,21). The molecule has 1 fully saturated rings. The van der Waals surface area contributed by atoms with E-state index >= 15 is 0 Å². The van der Waals surface area contributed by atoms with Gasteiger partial charge in [-0.15, -0.1) is 0 Å². The molecule has 1 aliphatic carbocycles. The van der Waals surface area contributed by atoms with Gasteiger partial charge in [0.25, 0.3) is 5.91 Å². The summed E-state index contributed by atoms with van der Waals surface area (Å²) in [6, 6.07) is 6.33. The first kappa shape index (κ1) is 13.9. The first-order valence-corrected chi connectivity index (χ1v) is 7.45. The van der Waals surface area contributed by atoms with E-state index < -0.39 is 0 Å². The Bertz CT molecular complexity index is 635. The predicted molar refractivity (Wildman–Crippen MR) is 82.1 cm³/mol. The van der Waals surface area contributed by atoms with E-state index in [1.807, 2.05) is 19.2 Å². The number of hydrogen-bond donors (Lipinski definition) is 2. The summed E-state index contributed by atoms with van der Waals surface area (Å²) in [5, 5.41) is 6.43. The van der Waals surface area contributed by atoms with Crippen molar-refractivity contribution in [1.29, 1.82) is 0 Å². The average Bonchev–Trinajstić information content (AvgIpc) is 2.55. The summed E-state index contributed by atoms with van der Waals surface area (Å²) in [6.07, 6.45) is 7.59. The predicted octanol–water partition coefficient (Wildman–Crippen LogP) is 1.89. The van der Waals surface area contributed by atoms with Crippen molar-refractivity contribution in [2.75, 3.05) is 7.05 Å². The fraction of sp³-hybridized carbons (Fsp3) is 0.438. The van der Waals surface area contributed by atoms with Crippen LogP contribution in [0.1, 0.15) is 36.0 Å². The summed E-state index contributed by atoms with van der Waals surface area (Å²) in [4.78, 5) is 20.8. The van der Waals surface area contributed by atoms with Gasteiger partial charge in [0, 0.05) is 30.0 Å². The second-order valence-corrected chi connectivity index (χ2v) is 5.57. The van der Waals surface area contributed by atoms with Crippen molar-refractivity contribution in [3.05, 3.63) is 36.2 Å².